The average molecular weight is 274 g/mol. The van der Waals surface area contributed by atoms with Crippen LogP contribution in [0.2, 0.25) is 0 Å². The van der Waals surface area contributed by atoms with Crippen LogP contribution in [0.5, 0.6) is 0 Å². The van der Waals surface area contributed by atoms with Gasteiger partial charge in [-0.15, -0.1) is 0 Å². The molecule has 6 nitrogen and oxygen atoms in total. The van der Waals surface area contributed by atoms with E-state index >= 15 is 0 Å². The molecule has 20 heavy (non-hydrogen) atoms. The third kappa shape index (κ3) is 3.03. The van der Waals surface area contributed by atoms with Crippen molar-refractivity contribution in [3.63, 3.8) is 0 Å². The van der Waals surface area contributed by atoms with E-state index in [9.17, 15) is 9.59 Å². The molecule has 0 fully saturated rings. The van der Waals surface area contributed by atoms with Gasteiger partial charge in [0, 0.05) is 19.2 Å². The van der Waals surface area contributed by atoms with Crippen molar-refractivity contribution in [3.8, 4) is 0 Å². The topological polar surface area (TPSA) is 92.4 Å². The Hall–Kier alpha value is -2.63. The fourth-order valence-corrected chi connectivity index (χ4v) is 1.75. The summed E-state index contributed by atoms with van der Waals surface area (Å²) in [6.07, 6.45) is 3.56. The molecule has 0 radical (unpaired) electrons. The van der Waals surface area contributed by atoms with Crippen molar-refractivity contribution in [1.29, 1.82) is 0 Å². The van der Waals surface area contributed by atoms with Crippen molar-refractivity contribution in [2.24, 2.45) is 0 Å². The molecular weight excluding hydrogens is 260 g/mol. The molecule has 0 aliphatic carbocycles. The molecule has 0 spiro atoms. The van der Waals surface area contributed by atoms with Crippen LogP contribution in [0.1, 0.15) is 39.1 Å². The number of pyridine rings is 1. The van der Waals surface area contributed by atoms with E-state index in [1.54, 1.807) is 12.1 Å². The Morgan fingerprint density at radius 3 is 2.75 bits per heavy atom. The zero-order valence-electron chi connectivity index (χ0n) is 10.9. The minimum absolute atomic E-state index is 0.0248. The number of nitrogens with one attached hydrogen (secondary N) is 1. The first-order valence-corrected chi connectivity index (χ1v) is 6.14. The predicted octanol–water partition coefficient (Wildman–Crippen LogP) is 1.87. The molecule has 2 heterocycles. The second kappa shape index (κ2) is 6.01. The quantitative estimate of drug-likeness (QED) is 0.868. The highest BCUT2D eigenvalue weighted by molar-refractivity contribution is 5.95. The number of furan rings is 1. The van der Waals surface area contributed by atoms with E-state index in [0.29, 0.717) is 17.7 Å². The molecule has 0 aliphatic rings. The van der Waals surface area contributed by atoms with Crippen molar-refractivity contribution in [2.75, 3.05) is 0 Å². The van der Waals surface area contributed by atoms with Crippen molar-refractivity contribution < 1.29 is 19.1 Å². The summed E-state index contributed by atoms with van der Waals surface area (Å²) in [5.41, 5.74) is 1.22. The van der Waals surface area contributed by atoms with Crippen LogP contribution >= 0.6 is 0 Å². The molecule has 2 aromatic rings. The summed E-state index contributed by atoms with van der Waals surface area (Å²) in [7, 11) is 0. The highest BCUT2D eigenvalue weighted by Gasteiger charge is 2.12. The summed E-state index contributed by atoms with van der Waals surface area (Å²) in [5.74, 6) is -0.661. The minimum atomic E-state index is -1.08. The molecule has 0 atom stereocenters. The number of carboxylic acids is 1. The summed E-state index contributed by atoms with van der Waals surface area (Å²) in [4.78, 5) is 26.4. The van der Waals surface area contributed by atoms with Crippen LogP contribution in [0, 0.1) is 0 Å². The summed E-state index contributed by atoms with van der Waals surface area (Å²) in [6, 6.07) is 4.64. The molecule has 0 saturated carbocycles. The van der Waals surface area contributed by atoms with E-state index in [0.717, 1.165) is 5.56 Å². The maximum Gasteiger partial charge on any atom is 0.354 e. The number of aromatic carboxylic acids is 1. The number of carbonyl (C=O) groups is 2. The SMILES string of the molecule is CCc1occc1C(=O)NCc1ccc(C(=O)O)nc1. The Morgan fingerprint density at radius 1 is 1.35 bits per heavy atom. The number of aromatic nitrogens is 1. The van der Waals surface area contributed by atoms with Crippen LogP contribution in [0.3, 0.4) is 0 Å². The first-order chi connectivity index (χ1) is 9.61. The van der Waals surface area contributed by atoms with Crippen LogP contribution in [-0.2, 0) is 13.0 Å². The standard InChI is InChI=1S/C14H14N2O4/c1-2-12-10(5-6-20-12)13(17)16-8-9-3-4-11(14(18)19)15-7-9/h3-7H,2,8H2,1H3,(H,16,17)(H,18,19). The Balaban J connectivity index is 1.98. The number of amides is 1. The van der Waals surface area contributed by atoms with Crippen molar-refractivity contribution >= 4 is 11.9 Å². The zero-order valence-corrected chi connectivity index (χ0v) is 10.9. The summed E-state index contributed by atoms with van der Waals surface area (Å²) >= 11 is 0. The maximum absolute atomic E-state index is 11.9. The van der Waals surface area contributed by atoms with Crippen LogP contribution < -0.4 is 5.32 Å². The first-order valence-electron chi connectivity index (χ1n) is 6.14. The molecule has 0 bridgehead atoms. The molecule has 2 N–H and O–H groups in total. The molecule has 1 amide bonds. The third-order valence-corrected chi connectivity index (χ3v) is 2.81. The minimum Gasteiger partial charge on any atom is -0.477 e. The van der Waals surface area contributed by atoms with Gasteiger partial charge >= 0.3 is 5.97 Å². The van der Waals surface area contributed by atoms with Gasteiger partial charge in [-0.3, -0.25) is 4.79 Å². The van der Waals surface area contributed by atoms with Crippen molar-refractivity contribution in [2.45, 2.75) is 19.9 Å². The highest BCUT2D eigenvalue weighted by atomic mass is 16.4. The largest absolute Gasteiger partial charge is 0.477 e. The highest BCUT2D eigenvalue weighted by Crippen LogP contribution is 2.11. The monoisotopic (exact) mass is 274 g/mol. The first kappa shape index (κ1) is 13.8. The molecule has 0 saturated heterocycles. The predicted molar refractivity (Wildman–Crippen MR) is 70.5 cm³/mol. The number of hydrogen-bond donors (Lipinski definition) is 2. The Bertz CT molecular complexity index is 616. The van der Waals surface area contributed by atoms with Gasteiger partial charge in [-0.2, -0.15) is 0 Å². The fourth-order valence-electron chi connectivity index (χ4n) is 1.75. The number of aryl methyl sites for hydroxylation is 1. The summed E-state index contributed by atoms with van der Waals surface area (Å²) in [5, 5.41) is 11.5. The van der Waals surface area contributed by atoms with E-state index in [1.165, 1.54) is 18.5 Å². The second-order valence-electron chi connectivity index (χ2n) is 4.15. The van der Waals surface area contributed by atoms with E-state index in [1.807, 2.05) is 6.92 Å². The Kier molecular flexibility index (Phi) is 4.14. The number of rotatable bonds is 5. The fraction of sp³-hybridized carbons (Fsp3) is 0.214. The van der Waals surface area contributed by atoms with Crippen LogP contribution in [-0.4, -0.2) is 22.0 Å². The molecular formula is C14H14N2O4. The van der Waals surface area contributed by atoms with Crippen LogP contribution in [0.4, 0.5) is 0 Å². The van der Waals surface area contributed by atoms with Gasteiger partial charge in [0.05, 0.1) is 11.8 Å². The van der Waals surface area contributed by atoms with Gasteiger partial charge in [0.15, 0.2) is 0 Å². The summed E-state index contributed by atoms with van der Waals surface area (Å²) < 4.78 is 5.19. The lowest BCUT2D eigenvalue weighted by Gasteiger charge is -2.05. The summed E-state index contributed by atoms with van der Waals surface area (Å²) in [6.45, 7) is 2.18. The molecule has 2 aromatic heterocycles. The van der Waals surface area contributed by atoms with Gasteiger partial charge in [-0.1, -0.05) is 13.0 Å². The lowest BCUT2D eigenvalue weighted by molar-refractivity contribution is 0.0690. The lowest BCUT2D eigenvalue weighted by atomic mass is 10.2. The number of carboxylic acid groups (broad SMARTS) is 1. The lowest BCUT2D eigenvalue weighted by Crippen LogP contribution is -2.23. The van der Waals surface area contributed by atoms with Crippen molar-refractivity contribution in [1.82, 2.24) is 10.3 Å². The molecule has 2 rings (SSSR count). The molecule has 0 aromatic carbocycles. The van der Waals surface area contributed by atoms with E-state index < -0.39 is 5.97 Å². The van der Waals surface area contributed by atoms with Gasteiger partial charge in [0.2, 0.25) is 0 Å². The van der Waals surface area contributed by atoms with E-state index in [-0.39, 0.29) is 18.1 Å². The van der Waals surface area contributed by atoms with Gasteiger partial charge in [0.25, 0.3) is 5.91 Å². The normalized spacial score (nSPS) is 10.2. The smallest absolute Gasteiger partial charge is 0.354 e. The maximum atomic E-state index is 11.9. The van der Waals surface area contributed by atoms with Crippen LogP contribution in [0.25, 0.3) is 0 Å². The van der Waals surface area contributed by atoms with Gasteiger partial charge < -0.3 is 14.8 Å². The van der Waals surface area contributed by atoms with Crippen molar-refractivity contribution in [3.05, 3.63) is 53.2 Å². The molecule has 104 valence electrons. The van der Waals surface area contributed by atoms with Gasteiger partial charge in [0.1, 0.15) is 11.5 Å². The molecule has 0 aliphatic heterocycles. The zero-order chi connectivity index (χ0) is 14.5. The van der Waals surface area contributed by atoms with Crippen LogP contribution in [0.15, 0.2) is 35.1 Å². The molecule has 6 heteroatoms. The number of hydrogen-bond acceptors (Lipinski definition) is 4. The third-order valence-electron chi connectivity index (χ3n) is 2.81. The van der Waals surface area contributed by atoms with Gasteiger partial charge in [-0.05, 0) is 17.7 Å². The Morgan fingerprint density at radius 2 is 2.15 bits per heavy atom. The van der Waals surface area contributed by atoms with E-state index in [2.05, 4.69) is 10.3 Å². The van der Waals surface area contributed by atoms with E-state index in [4.69, 9.17) is 9.52 Å². The average Bonchev–Trinajstić information content (AvgIpc) is 2.93. The Labute approximate surface area is 115 Å². The number of nitrogens with zero attached hydrogens (tertiary/aromatic N) is 1. The second-order valence-corrected chi connectivity index (χ2v) is 4.15. The van der Waals surface area contributed by atoms with Gasteiger partial charge in [-0.25, -0.2) is 9.78 Å². The number of carbonyl (C=O) groups excluding carboxylic acids is 1. The molecule has 0 unspecified atom stereocenters.